The Morgan fingerprint density at radius 1 is 1.23 bits per heavy atom. The van der Waals surface area contributed by atoms with E-state index in [0.717, 1.165) is 27.5 Å². The number of aliphatic imine (C=N–C) groups is 1. The summed E-state index contributed by atoms with van der Waals surface area (Å²) >= 11 is 3.32. The van der Waals surface area contributed by atoms with Crippen LogP contribution in [-0.2, 0) is 13.1 Å². The van der Waals surface area contributed by atoms with Gasteiger partial charge in [-0.05, 0) is 6.92 Å². The second-order valence-electron chi connectivity index (χ2n) is 4.81. The maximum Gasteiger partial charge on any atom is 0.191 e. The maximum atomic E-state index is 4.23. The molecule has 2 N–H and O–H groups in total. The van der Waals surface area contributed by atoms with Gasteiger partial charge < -0.3 is 10.6 Å². The largest absolute Gasteiger partial charge is 0.351 e. The van der Waals surface area contributed by atoms with Crippen LogP contribution in [0, 0.1) is 6.92 Å². The zero-order chi connectivity index (χ0) is 15.2. The van der Waals surface area contributed by atoms with Crippen LogP contribution in [0.3, 0.4) is 0 Å². The quantitative estimate of drug-likeness (QED) is 0.415. The molecular formula is C13H21IN6S2. The third kappa shape index (κ3) is 5.76. The van der Waals surface area contributed by atoms with Crippen LogP contribution in [-0.4, -0.2) is 28.2 Å². The Bertz CT molecular complexity index is 607. The fourth-order valence-corrected chi connectivity index (χ4v) is 3.13. The molecule has 0 aliphatic carbocycles. The Morgan fingerprint density at radius 3 is 2.50 bits per heavy atom. The van der Waals surface area contributed by atoms with Crippen LogP contribution in [0.25, 0.3) is 0 Å². The Labute approximate surface area is 155 Å². The molecule has 122 valence electrons. The fourth-order valence-electron chi connectivity index (χ4n) is 1.61. The smallest absolute Gasteiger partial charge is 0.191 e. The van der Waals surface area contributed by atoms with Crippen molar-refractivity contribution in [1.82, 2.24) is 25.8 Å². The molecule has 0 fully saturated rings. The summed E-state index contributed by atoms with van der Waals surface area (Å²) in [4.78, 5) is 9.63. The highest BCUT2D eigenvalue weighted by molar-refractivity contribution is 14.0. The van der Waals surface area contributed by atoms with Gasteiger partial charge in [0.05, 0.1) is 18.1 Å². The van der Waals surface area contributed by atoms with E-state index in [1.807, 2.05) is 13.1 Å². The first kappa shape index (κ1) is 19.2. The monoisotopic (exact) mass is 452 g/mol. The van der Waals surface area contributed by atoms with E-state index in [1.54, 1.807) is 29.7 Å². The first-order valence-corrected chi connectivity index (χ1v) is 8.40. The Hall–Kier alpha value is -0.810. The highest BCUT2D eigenvalue weighted by atomic mass is 127. The number of hydrogen-bond acceptors (Lipinski definition) is 6. The number of halogens is 1. The molecule has 6 nitrogen and oxygen atoms in total. The Balaban J connectivity index is 0.00000242. The van der Waals surface area contributed by atoms with E-state index in [2.05, 4.69) is 44.7 Å². The van der Waals surface area contributed by atoms with Gasteiger partial charge in [-0.1, -0.05) is 25.2 Å². The molecule has 0 aliphatic rings. The summed E-state index contributed by atoms with van der Waals surface area (Å²) in [5.74, 6) is 1.17. The molecule has 0 aromatic carbocycles. The number of rotatable bonds is 5. The average molecular weight is 452 g/mol. The lowest BCUT2D eigenvalue weighted by molar-refractivity contribution is 0.786. The molecule has 2 aromatic rings. The number of aromatic nitrogens is 3. The highest BCUT2D eigenvalue weighted by Crippen LogP contribution is 2.18. The second kappa shape index (κ2) is 9.36. The van der Waals surface area contributed by atoms with Gasteiger partial charge in [-0.2, -0.15) is 0 Å². The molecule has 0 radical (unpaired) electrons. The molecule has 2 aromatic heterocycles. The van der Waals surface area contributed by atoms with E-state index in [1.165, 1.54) is 4.88 Å². The van der Waals surface area contributed by atoms with Crippen molar-refractivity contribution in [2.45, 2.75) is 39.8 Å². The van der Waals surface area contributed by atoms with Gasteiger partial charge >= 0.3 is 0 Å². The van der Waals surface area contributed by atoms with Crippen molar-refractivity contribution in [2.24, 2.45) is 4.99 Å². The number of hydrogen-bond donors (Lipinski definition) is 2. The molecule has 0 saturated heterocycles. The summed E-state index contributed by atoms with van der Waals surface area (Å²) in [6, 6.07) is 0. The maximum absolute atomic E-state index is 4.23. The van der Waals surface area contributed by atoms with Crippen LogP contribution in [0.15, 0.2) is 11.2 Å². The van der Waals surface area contributed by atoms with E-state index >= 15 is 0 Å². The van der Waals surface area contributed by atoms with E-state index in [4.69, 9.17) is 0 Å². The first-order valence-electron chi connectivity index (χ1n) is 6.76. The highest BCUT2D eigenvalue weighted by Gasteiger charge is 2.08. The van der Waals surface area contributed by atoms with Crippen molar-refractivity contribution < 1.29 is 0 Å². The number of guanidine groups is 1. The summed E-state index contributed by atoms with van der Waals surface area (Å²) in [5, 5.41) is 18.0. The van der Waals surface area contributed by atoms with Crippen molar-refractivity contribution in [2.75, 3.05) is 7.05 Å². The minimum absolute atomic E-state index is 0. The van der Waals surface area contributed by atoms with Crippen molar-refractivity contribution in [3.8, 4) is 0 Å². The summed E-state index contributed by atoms with van der Waals surface area (Å²) in [5.41, 5.74) is 0. The lowest BCUT2D eigenvalue weighted by Gasteiger charge is -2.09. The van der Waals surface area contributed by atoms with Crippen molar-refractivity contribution in [3.05, 3.63) is 26.1 Å². The van der Waals surface area contributed by atoms with Gasteiger partial charge in [-0.15, -0.1) is 45.5 Å². The number of thiazole rings is 1. The van der Waals surface area contributed by atoms with Crippen LogP contribution in [0.4, 0.5) is 0 Å². The lowest BCUT2D eigenvalue weighted by atomic mass is 10.2. The molecule has 0 atom stereocenters. The van der Waals surface area contributed by atoms with Crippen LogP contribution in [0.5, 0.6) is 0 Å². The molecule has 0 spiro atoms. The molecular weight excluding hydrogens is 431 g/mol. The van der Waals surface area contributed by atoms with Gasteiger partial charge in [0.15, 0.2) is 5.96 Å². The van der Waals surface area contributed by atoms with Crippen LogP contribution in [0.2, 0.25) is 0 Å². The summed E-state index contributed by atoms with van der Waals surface area (Å²) in [6.45, 7) is 7.60. The molecule has 0 saturated carbocycles. The predicted molar refractivity (Wildman–Crippen MR) is 103 cm³/mol. The molecule has 0 aliphatic heterocycles. The second-order valence-corrected chi connectivity index (χ2v) is 7.23. The number of aryl methyl sites for hydroxylation is 1. The number of nitrogens with one attached hydrogen (secondary N) is 2. The first-order chi connectivity index (χ1) is 10.1. The topological polar surface area (TPSA) is 75.1 Å². The molecule has 0 unspecified atom stereocenters. The van der Waals surface area contributed by atoms with Crippen LogP contribution in [0.1, 0.15) is 39.7 Å². The Morgan fingerprint density at radius 2 is 1.95 bits per heavy atom. The van der Waals surface area contributed by atoms with E-state index < -0.39 is 0 Å². The average Bonchev–Trinajstić information content (AvgIpc) is 3.08. The normalized spacial score (nSPS) is 11.4. The molecule has 2 rings (SSSR count). The van der Waals surface area contributed by atoms with Crippen molar-refractivity contribution in [3.63, 3.8) is 0 Å². The molecule has 22 heavy (non-hydrogen) atoms. The van der Waals surface area contributed by atoms with E-state index in [9.17, 15) is 0 Å². The van der Waals surface area contributed by atoms with Gasteiger partial charge in [0.25, 0.3) is 0 Å². The minimum atomic E-state index is 0. The minimum Gasteiger partial charge on any atom is -0.351 e. The van der Waals surface area contributed by atoms with Gasteiger partial charge in [0.1, 0.15) is 10.0 Å². The van der Waals surface area contributed by atoms with Gasteiger partial charge in [-0.25, -0.2) is 4.98 Å². The molecule has 0 bridgehead atoms. The summed E-state index contributed by atoms with van der Waals surface area (Å²) < 4.78 is 0. The zero-order valence-corrected chi connectivity index (χ0v) is 17.0. The van der Waals surface area contributed by atoms with Crippen LogP contribution >= 0.6 is 46.7 Å². The standard InChI is InChI=1S/C13H20N6S2.HI/c1-8(2)12-19-18-11(21-12)7-17-13(14-4)16-6-10-5-15-9(3)20-10;/h5,8H,6-7H2,1-4H3,(H2,14,16,17);1H. The van der Waals surface area contributed by atoms with Crippen molar-refractivity contribution >= 4 is 52.6 Å². The predicted octanol–water partition coefficient (Wildman–Crippen LogP) is 2.91. The van der Waals surface area contributed by atoms with E-state index in [-0.39, 0.29) is 24.0 Å². The van der Waals surface area contributed by atoms with Gasteiger partial charge in [0.2, 0.25) is 0 Å². The third-order valence-electron chi connectivity index (χ3n) is 2.71. The third-order valence-corrected chi connectivity index (χ3v) is 4.84. The molecule has 9 heteroatoms. The summed E-state index contributed by atoms with van der Waals surface area (Å²) in [7, 11) is 1.76. The number of nitrogens with zero attached hydrogens (tertiary/aromatic N) is 4. The van der Waals surface area contributed by atoms with Gasteiger partial charge in [0, 0.05) is 24.0 Å². The Kier molecular flexibility index (Phi) is 8.18. The molecule has 2 heterocycles. The SMILES string of the molecule is CN=C(NCc1cnc(C)s1)NCc1nnc(C(C)C)s1.I. The fraction of sp³-hybridized carbons (Fsp3) is 0.538. The summed E-state index contributed by atoms with van der Waals surface area (Å²) in [6.07, 6.45) is 1.89. The zero-order valence-electron chi connectivity index (χ0n) is 13.1. The van der Waals surface area contributed by atoms with Crippen LogP contribution < -0.4 is 10.6 Å². The molecule has 0 amide bonds. The van der Waals surface area contributed by atoms with Gasteiger partial charge in [-0.3, -0.25) is 4.99 Å². The lowest BCUT2D eigenvalue weighted by Crippen LogP contribution is -2.36. The van der Waals surface area contributed by atoms with E-state index in [0.29, 0.717) is 12.5 Å². The van der Waals surface area contributed by atoms with Crippen molar-refractivity contribution in [1.29, 1.82) is 0 Å².